The molecule has 0 radical (unpaired) electrons. The molecule has 0 atom stereocenters. The minimum Gasteiger partial charge on any atom is -0.831 e. The third kappa shape index (κ3) is 7.89. The molecule has 0 amide bonds. The number of hydrogen-bond donors (Lipinski definition) is 4. The summed E-state index contributed by atoms with van der Waals surface area (Å²) < 4.78 is 22.5. The smallest absolute Gasteiger partial charge is 0.831 e. The van der Waals surface area contributed by atoms with Crippen LogP contribution in [0.25, 0.3) is 0 Å². The van der Waals surface area contributed by atoms with E-state index in [9.17, 15) is 14.2 Å². The van der Waals surface area contributed by atoms with Gasteiger partial charge in [0, 0.05) is 30.5 Å². The Labute approximate surface area is 190 Å². The van der Waals surface area contributed by atoms with Crippen LogP contribution in [0.2, 0.25) is 0 Å². The van der Waals surface area contributed by atoms with Crippen LogP contribution in [0.15, 0.2) is 24.3 Å². The van der Waals surface area contributed by atoms with Crippen LogP contribution in [0.5, 0.6) is 0 Å². The van der Waals surface area contributed by atoms with Crippen molar-refractivity contribution in [3.63, 3.8) is 0 Å². The van der Waals surface area contributed by atoms with E-state index in [0.29, 0.717) is 24.8 Å². The fourth-order valence-corrected chi connectivity index (χ4v) is 5.10. The molecule has 0 saturated heterocycles. The van der Waals surface area contributed by atoms with E-state index in [-0.39, 0.29) is 42.4 Å². The average molecular weight is 472 g/mol. The fraction of sp³-hybridized carbons (Fsp3) is 0.571. The van der Waals surface area contributed by atoms with Crippen LogP contribution in [0.1, 0.15) is 18.4 Å². The van der Waals surface area contributed by atoms with Crippen molar-refractivity contribution in [2.45, 2.75) is 24.3 Å². The zero-order valence-corrected chi connectivity index (χ0v) is 20.2. The van der Waals surface area contributed by atoms with E-state index in [1.54, 1.807) is 12.1 Å². The summed E-state index contributed by atoms with van der Waals surface area (Å²) in [5, 5.41) is 8.45. The third-order valence-electron chi connectivity index (χ3n) is 3.89. The molecule has 0 aliphatic carbocycles. The van der Waals surface area contributed by atoms with Gasteiger partial charge in [-0.3, -0.25) is 9.13 Å². The molecule has 1 aromatic carbocycles. The standard InChI is InChI=1S/C14H22Cl2NO7P2.Na/c15-8-10-17(11-9-16)13-5-3-12(4-6-13)2-1-7-14(18,25(19,20)21)26(22,23)24;/h3-6H,1-2,7-11H2,(H2,19,20,21)(H2,22,23,24);/q-1;+1. The Bertz CT molecular complexity index is 640. The summed E-state index contributed by atoms with van der Waals surface area (Å²) in [6.45, 7) is 1.24. The molecular formula is C14H22Cl2NNaO7P2. The van der Waals surface area contributed by atoms with Crippen LogP contribution in [0, 0.1) is 0 Å². The molecule has 1 aromatic rings. The third-order valence-corrected chi connectivity index (χ3v) is 8.06. The molecule has 4 N–H and O–H groups in total. The van der Waals surface area contributed by atoms with Gasteiger partial charge in [0.25, 0.3) is 0 Å². The summed E-state index contributed by atoms with van der Waals surface area (Å²) in [5.41, 5.74) is 1.67. The van der Waals surface area contributed by atoms with Gasteiger partial charge < -0.3 is 29.6 Å². The van der Waals surface area contributed by atoms with Crippen LogP contribution < -0.4 is 39.6 Å². The largest absolute Gasteiger partial charge is 1.00 e. The van der Waals surface area contributed by atoms with Crippen molar-refractivity contribution >= 4 is 44.1 Å². The van der Waals surface area contributed by atoms with Gasteiger partial charge in [-0.2, -0.15) is 0 Å². The number of anilines is 1. The van der Waals surface area contributed by atoms with E-state index in [4.69, 9.17) is 42.8 Å². The Balaban J connectivity index is 0.00000676. The van der Waals surface area contributed by atoms with Crippen molar-refractivity contribution < 1.29 is 63.4 Å². The molecule has 0 heterocycles. The first-order valence-electron chi connectivity index (χ1n) is 7.74. The second-order valence-electron chi connectivity index (χ2n) is 5.72. The van der Waals surface area contributed by atoms with Crippen molar-refractivity contribution in [3.8, 4) is 0 Å². The van der Waals surface area contributed by atoms with Gasteiger partial charge in [0.05, 0.1) is 5.08 Å². The van der Waals surface area contributed by atoms with Gasteiger partial charge in [0.15, 0.2) is 0 Å². The molecule has 150 valence electrons. The van der Waals surface area contributed by atoms with Gasteiger partial charge in [-0.05, 0) is 37.0 Å². The maximum absolute atomic E-state index is 12.1. The van der Waals surface area contributed by atoms with Crippen molar-refractivity contribution in [1.29, 1.82) is 0 Å². The summed E-state index contributed by atoms with van der Waals surface area (Å²) in [6.07, 6.45) is -0.671. The number of halogens is 2. The zero-order valence-electron chi connectivity index (χ0n) is 14.9. The molecular weight excluding hydrogens is 450 g/mol. The topological polar surface area (TPSA) is 141 Å². The first-order valence-corrected chi connectivity index (χ1v) is 12.0. The Morgan fingerprint density at radius 3 is 1.78 bits per heavy atom. The van der Waals surface area contributed by atoms with Crippen LogP contribution >= 0.6 is 38.4 Å². The molecule has 0 aromatic heterocycles. The molecule has 0 spiro atoms. The molecule has 8 nitrogen and oxygen atoms in total. The SMILES string of the molecule is O=P(O)(O)C([O-])(CCCc1ccc(N(CCCl)CCCl)cc1)P(=O)(O)O.[Na+]. The number of rotatable bonds is 11. The summed E-state index contributed by atoms with van der Waals surface area (Å²) in [5.74, 6) is 0.879. The van der Waals surface area contributed by atoms with Gasteiger partial charge >= 0.3 is 44.7 Å². The number of alkyl halides is 2. The van der Waals surface area contributed by atoms with Crippen LogP contribution in [0.3, 0.4) is 0 Å². The van der Waals surface area contributed by atoms with Crippen LogP contribution in [0.4, 0.5) is 5.69 Å². The Hall–Kier alpha value is 0.860. The fourth-order valence-electron chi connectivity index (χ4n) is 2.43. The average Bonchev–Trinajstić information content (AvgIpc) is 2.53. The van der Waals surface area contributed by atoms with E-state index >= 15 is 0 Å². The monoisotopic (exact) mass is 471 g/mol. The second kappa shape index (κ2) is 11.9. The van der Waals surface area contributed by atoms with Crippen molar-refractivity contribution in [1.82, 2.24) is 0 Å². The first-order chi connectivity index (χ1) is 12.0. The van der Waals surface area contributed by atoms with Gasteiger partial charge in [-0.1, -0.05) is 12.1 Å². The molecule has 0 saturated carbocycles. The summed E-state index contributed by atoms with van der Waals surface area (Å²) in [4.78, 5) is 38.2. The summed E-state index contributed by atoms with van der Waals surface area (Å²) in [7, 11) is -11.0. The van der Waals surface area contributed by atoms with Gasteiger partial charge in [-0.25, -0.2) is 0 Å². The Morgan fingerprint density at radius 2 is 1.41 bits per heavy atom. The molecule has 27 heavy (non-hydrogen) atoms. The van der Waals surface area contributed by atoms with E-state index in [1.807, 2.05) is 17.0 Å². The van der Waals surface area contributed by atoms with E-state index in [2.05, 4.69) is 0 Å². The van der Waals surface area contributed by atoms with E-state index in [0.717, 1.165) is 11.3 Å². The van der Waals surface area contributed by atoms with Gasteiger partial charge in [-0.15, -0.1) is 23.2 Å². The van der Waals surface area contributed by atoms with E-state index < -0.39 is 26.7 Å². The molecule has 0 bridgehead atoms. The summed E-state index contributed by atoms with van der Waals surface area (Å²) in [6, 6.07) is 7.19. The molecule has 1 rings (SSSR count). The molecule has 13 heteroatoms. The normalized spacial score (nSPS) is 12.6. The quantitative estimate of drug-likeness (QED) is 0.176. The molecule has 0 unspecified atom stereocenters. The molecule has 0 aliphatic heterocycles. The predicted octanol–water partition coefficient (Wildman–Crippen LogP) is -1.33. The van der Waals surface area contributed by atoms with Crippen LogP contribution in [-0.4, -0.2) is 49.5 Å². The van der Waals surface area contributed by atoms with Crippen molar-refractivity contribution in [2.75, 3.05) is 29.7 Å². The number of nitrogens with zero attached hydrogens (tertiary/aromatic N) is 1. The van der Waals surface area contributed by atoms with Gasteiger partial charge in [0.2, 0.25) is 0 Å². The number of benzene rings is 1. The number of aryl methyl sites for hydroxylation is 1. The number of hydrogen-bond acceptors (Lipinski definition) is 4. The Kier molecular flexibility index (Phi) is 12.3. The van der Waals surface area contributed by atoms with Crippen molar-refractivity contribution in [3.05, 3.63) is 29.8 Å². The van der Waals surface area contributed by atoms with E-state index in [1.165, 1.54) is 0 Å². The van der Waals surface area contributed by atoms with Gasteiger partial charge in [0.1, 0.15) is 0 Å². The summed E-state index contributed by atoms with van der Waals surface area (Å²) >= 11 is 11.5. The minimum absolute atomic E-state index is 0. The molecule has 0 fully saturated rings. The first kappa shape index (κ1) is 27.9. The van der Waals surface area contributed by atoms with Crippen LogP contribution in [-0.2, 0) is 15.6 Å². The minimum atomic E-state index is -5.52. The Morgan fingerprint density at radius 1 is 0.963 bits per heavy atom. The predicted molar refractivity (Wildman–Crippen MR) is 99.9 cm³/mol. The van der Waals surface area contributed by atoms with Crippen molar-refractivity contribution in [2.24, 2.45) is 0 Å². The molecule has 0 aliphatic rings. The maximum Gasteiger partial charge on any atom is 1.00 e. The zero-order chi connectivity index (χ0) is 20.0. The maximum atomic E-state index is 12.1. The second-order valence-corrected chi connectivity index (χ2v) is 10.4.